The van der Waals surface area contributed by atoms with Crippen molar-refractivity contribution in [3.63, 3.8) is 0 Å². The highest BCUT2D eigenvalue weighted by molar-refractivity contribution is 5.97. The summed E-state index contributed by atoms with van der Waals surface area (Å²) in [6.45, 7) is 0.855. The van der Waals surface area contributed by atoms with Crippen LogP contribution in [0.3, 0.4) is 0 Å². The molecule has 0 aliphatic heterocycles. The molecule has 0 saturated heterocycles. The Morgan fingerprint density at radius 1 is 1.28 bits per heavy atom. The van der Waals surface area contributed by atoms with Crippen LogP contribution in [0.5, 0.6) is 0 Å². The van der Waals surface area contributed by atoms with Crippen molar-refractivity contribution in [1.29, 1.82) is 0 Å². The van der Waals surface area contributed by atoms with E-state index in [4.69, 9.17) is 20.1 Å². The number of hydrogen-bond acceptors (Lipinski definition) is 4. The van der Waals surface area contributed by atoms with Gasteiger partial charge in [-0.2, -0.15) is 0 Å². The minimum Gasteiger partial charge on any atom is -0.467 e. The molecule has 0 spiro atoms. The van der Waals surface area contributed by atoms with Crippen molar-refractivity contribution in [2.24, 2.45) is 10.9 Å². The number of amidine groups is 1. The maximum Gasteiger partial charge on any atom is 0.170 e. The zero-order valence-electron chi connectivity index (χ0n) is 9.74. The third kappa shape index (κ3) is 3.11. The highest BCUT2D eigenvalue weighted by atomic mass is 16.5. The molecule has 5 heteroatoms. The summed E-state index contributed by atoms with van der Waals surface area (Å²) in [7, 11) is 0. The van der Waals surface area contributed by atoms with E-state index in [0.717, 1.165) is 11.3 Å². The summed E-state index contributed by atoms with van der Waals surface area (Å²) in [5.74, 6) is 0.866. The number of hydrogen-bond donors (Lipinski definition) is 2. The first-order chi connectivity index (χ1) is 8.79. The van der Waals surface area contributed by atoms with Crippen molar-refractivity contribution in [2.45, 2.75) is 13.2 Å². The molecule has 2 aromatic rings. The van der Waals surface area contributed by atoms with Gasteiger partial charge in [-0.15, -0.1) is 0 Å². The van der Waals surface area contributed by atoms with Gasteiger partial charge in [0.1, 0.15) is 12.4 Å². The molecule has 3 N–H and O–H groups in total. The van der Waals surface area contributed by atoms with E-state index in [-0.39, 0.29) is 5.84 Å². The summed E-state index contributed by atoms with van der Waals surface area (Å²) in [5.41, 5.74) is 7.13. The lowest BCUT2D eigenvalue weighted by Gasteiger charge is -2.05. The molecule has 0 unspecified atom stereocenters. The minimum atomic E-state index is 0.0860. The van der Waals surface area contributed by atoms with Gasteiger partial charge >= 0.3 is 0 Å². The molecule has 0 aliphatic carbocycles. The topological polar surface area (TPSA) is 81.0 Å². The molecule has 0 bridgehead atoms. The number of benzene rings is 1. The summed E-state index contributed by atoms with van der Waals surface area (Å²) in [6.07, 6.45) is 1.61. The fourth-order valence-electron chi connectivity index (χ4n) is 1.54. The Bertz CT molecular complexity index is 521. The van der Waals surface area contributed by atoms with Crippen molar-refractivity contribution in [2.75, 3.05) is 0 Å². The van der Waals surface area contributed by atoms with E-state index in [9.17, 15) is 0 Å². The van der Waals surface area contributed by atoms with Crippen molar-refractivity contribution < 1.29 is 14.4 Å². The van der Waals surface area contributed by atoms with Gasteiger partial charge in [0, 0.05) is 5.56 Å². The number of nitrogens with zero attached hydrogens (tertiary/aromatic N) is 1. The van der Waals surface area contributed by atoms with E-state index < -0.39 is 0 Å². The van der Waals surface area contributed by atoms with Gasteiger partial charge in [-0.05, 0) is 23.8 Å². The lowest BCUT2D eigenvalue weighted by molar-refractivity contribution is 0.0929. The fraction of sp³-hybridized carbons (Fsp3) is 0.154. The van der Waals surface area contributed by atoms with Gasteiger partial charge in [-0.1, -0.05) is 23.4 Å². The van der Waals surface area contributed by atoms with Crippen LogP contribution in [0.15, 0.2) is 52.2 Å². The van der Waals surface area contributed by atoms with Gasteiger partial charge in [0.2, 0.25) is 0 Å². The zero-order valence-corrected chi connectivity index (χ0v) is 9.74. The molecular formula is C13H14N2O3. The molecule has 94 valence electrons. The molecule has 0 radical (unpaired) electrons. The van der Waals surface area contributed by atoms with Crippen LogP contribution in [0.4, 0.5) is 0 Å². The van der Waals surface area contributed by atoms with Crippen molar-refractivity contribution in [3.05, 3.63) is 59.5 Å². The van der Waals surface area contributed by atoms with Crippen molar-refractivity contribution in [3.8, 4) is 0 Å². The first-order valence-corrected chi connectivity index (χ1v) is 5.46. The van der Waals surface area contributed by atoms with E-state index in [1.165, 1.54) is 0 Å². The van der Waals surface area contributed by atoms with Crippen LogP contribution in [0.2, 0.25) is 0 Å². The molecule has 0 atom stereocenters. The molecule has 0 amide bonds. The van der Waals surface area contributed by atoms with Crippen LogP contribution in [0, 0.1) is 0 Å². The van der Waals surface area contributed by atoms with Crippen LogP contribution in [0.1, 0.15) is 16.9 Å². The van der Waals surface area contributed by atoms with Gasteiger partial charge < -0.3 is 20.1 Å². The second-order valence-electron chi connectivity index (χ2n) is 3.76. The molecule has 5 nitrogen and oxygen atoms in total. The molecule has 1 aromatic carbocycles. The number of nitrogens with two attached hydrogens (primary N) is 1. The van der Waals surface area contributed by atoms with Gasteiger partial charge in [0.15, 0.2) is 5.84 Å². The summed E-state index contributed by atoms with van der Waals surface area (Å²) in [6, 6.07) is 11.0. The Morgan fingerprint density at radius 3 is 2.89 bits per heavy atom. The first-order valence-electron chi connectivity index (χ1n) is 5.46. The molecule has 18 heavy (non-hydrogen) atoms. The van der Waals surface area contributed by atoms with Gasteiger partial charge in [0.25, 0.3) is 0 Å². The summed E-state index contributed by atoms with van der Waals surface area (Å²) >= 11 is 0. The average Bonchev–Trinajstić information content (AvgIpc) is 2.91. The van der Waals surface area contributed by atoms with E-state index >= 15 is 0 Å². The molecule has 0 saturated carbocycles. The second kappa shape index (κ2) is 5.88. The normalized spacial score (nSPS) is 11.7. The van der Waals surface area contributed by atoms with E-state index in [2.05, 4.69) is 5.16 Å². The number of ether oxygens (including phenoxy) is 1. The molecular weight excluding hydrogens is 232 g/mol. The van der Waals surface area contributed by atoms with Crippen molar-refractivity contribution >= 4 is 5.84 Å². The Kier molecular flexibility index (Phi) is 3.98. The summed E-state index contributed by atoms with van der Waals surface area (Å²) in [5, 5.41) is 11.6. The van der Waals surface area contributed by atoms with Gasteiger partial charge in [-0.25, -0.2) is 0 Å². The fourth-order valence-corrected chi connectivity index (χ4v) is 1.54. The summed E-state index contributed by atoms with van der Waals surface area (Å²) in [4.78, 5) is 0. The highest BCUT2D eigenvalue weighted by Crippen LogP contribution is 2.09. The van der Waals surface area contributed by atoms with Gasteiger partial charge in [-0.3, -0.25) is 0 Å². The molecule has 0 aliphatic rings. The Labute approximate surface area is 104 Å². The third-order valence-electron chi connectivity index (χ3n) is 2.42. The molecule has 1 heterocycles. The third-order valence-corrected chi connectivity index (χ3v) is 2.42. The van der Waals surface area contributed by atoms with Crippen LogP contribution >= 0.6 is 0 Å². The average molecular weight is 246 g/mol. The van der Waals surface area contributed by atoms with E-state index in [0.29, 0.717) is 18.8 Å². The first kappa shape index (κ1) is 12.2. The standard InChI is InChI=1S/C13H14N2O3/c14-13(15-16)11-4-1-3-10(7-11)8-17-9-12-5-2-6-18-12/h1-7,16H,8-9H2,(H2,14,15). The van der Waals surface area contributed by atoms with E-state index in [1.807, 2.05) is 30.3 Å². The number of furan rings is 1. The smallest absolute Gasteiger partial charge is 0.170 e. The maximum absolute atomic E-state index is 8.60. The van der Waals surface area contributed by atoms with E-state index in [1.54, 1.807) is 12.3 Å². The predicted octanol–water partition coefficient (Wildman–Crippen LogP) is 2.09. The maximum atomic E-state index is 8.60. The van der Waals surface area contributed by atoms with Crippen molar-refractivity contribution in [1.82, 2.24) is 0 Å². The highest BCUT2D eigenvalue weighted by Gasteiger charge is 2.01. The quantitative estimate of drug-likeness (QED) is 0.366. The number of rotatable bonds is 5. The van der Waals surface area contributed by atoms with Crippen LogP contribution < -0.4 is 5.73 Å². The van der Waals surface area contributed by atoms with Crippen LogP contribution in [-0.2, 0) is 18.0 Å². The second-order valence-corrected chi connectivity index (χ2v) is 3.76. The lowest BCUT2D eigenvalue weighted by atomic mass is 10.1. The largest absolute Gasteiger partial charge is 0.467 e. The summed E-state index contributed by atoms with van der Waals surface area (Å²) < 4.78 is 10.6. The SMILES string of the molecule is N/C(=N\O)c1cccc(COCc2ccco2)c1. The molecule has 2 rings (SSSR count). The van der Waals surface area contributed by atoms with Crippen LogP contribution in [-0.4, -0.2) is 11.0 Å². The molecule has 1 aromatic heterocycles. The van der Waals surface area contributed by atoms with Crippen LogP contribution in [0.25, 0.3) is 0 Å². The Morgan fingerprint density at radius 2 is 2.17 bits per heavy atom. The predicted molar refractivity (Wildman–Crippen MR) is 66.2 cm³/mol. The lowest BCUT2D eigenvalue weighted by Crippen LogP contribution is -2.13. The monoisotopic (exact) mass is 246 g/mol. The molecule has 0 fully saturated rings. The Hall–Kier alpha value is -2.27. The Balaban J connectivity index is 1.93. The zero-order chi connectivity index (χ0) is 12.8. The minimum absolute atomic E-state index is 0.0860. The van der Waals surface area contributed by atoms with Gasteiger partial charge in [0.05, 0.1) is 12.9 Å². The number of oxime groups is 1.